The number of rotatable bonds is 1. The van der Waals surface area contributed by atoms with E-state index < -0.39 is 5.43 Å². The van der Waals surface area contributed by atoms with Crippen molar-refractivity contribution in [1.82, 2.24) is 0 Å². The molecule has 0 N–H and O–H groups in total. The van der Waals surface area contributed by atoms with Gasteiger partial charge in [0.1, 0.15) is 5.75 Å². The number of halogens is 2. The number of carbonyl (C=O) groups is 1. The molecule has 0 aliphatic heterocycles. The number of benzene rings is 1. The first-order chi connectivity index (χ1) is 5.18. The zero-order valence-corrected chi connectivity index (χ0v) is 7.72. The predicted octanol–water partition coefficient (Wildman–Crippen LogP) is 3.19. The van der Waals surface area contributed by atoms with Gasteiger partial charge >= 0.3 is 5.43 Å². The van der Waals surface area contributed by atoms with E-state index in [1.165, 1.54) is 0 Å². The summed E-state index contributed by atoms with van der Waals surface area (Å²) in [4.78, 5) is 10.3. The highest BCUT2D eigenvalue weighted by Gasteiger charge is 1.98. The molecule has 1 rings (SSSR count). The molecule has 0 aromatic heterocycles. The smallest absolute Gasteiger partial charge is 0.409 e. The molecule has 0 amide bonds. The van der Waals surface area contributed by atoms with Crippen molar-refractivity contribution in [1.29, 1.82) is 0 Å². The van der Waals surface area contributed by atoms with Crippen molar-refractivity contribution in [2.24, 2.45) is 0 Å². The van der Waals surface area contributed by atoms with Crippen molar-refractivity contribution in [2.75, 3.05) is 0 Å². The number of hydrogen-bond donors (Lipinski definition) is 0. The standard InChI is InChI=1S/C7H4BrClO2/c8-5-2-1-3-6(4-5)11-7(9)10/h1-4H. The maximum absolute atomic E-state index is 10.3. The number of ether oxygens (including phenoxy) is 1. The third kappa shape index (κ3) is 2.91. The minimum absolute atomic E-state index is 0.430. The Hall–Kier alpha value is -0.540. The SMILES string of the molecule is O=C(Cl)Oc1cccc(Br)c1. The van der Waals surface area contributed by atoms with Gasteiger partial charge in [-0.25, -0.2) is 4.79 Å². The van der Waals surface area contributed by atoms with Crippen LogP contribution in [0, 0.1) is 0 Å². The van der Waals surface area contributed by atoms with E-state index in [1.54, 1.807) is 18.2 Å². The van der Waals surface area contributed by atoms with Crippen LogP contribution in [0.4, 0.5) is 4.79 Å². The molecule has 0 radical (unpaired) electrons. The fourth-order valence-corrected chi connectivity index (χ4v) is 1.09. The molecule has 0 heterocycles. The molecule has 11 heavy (non-hydrogen) atoms. The van der Waals surface area contributed by atoms with Crippen LogP contribution in [0.1, 0.15) is 0 Å². The summed E-state index contributed by atoms with van der Waals surface area (Å²) in [6.45, 7) is 0. The quantitative estimate of drug-likeness (QED) is 0.699. The van der Waals surface area contributed by atoms with Gasteiger partial charge in [-0.3, -0.25) is 0 Å². The average molecular weight is 235 g/mol. The zero-order chi connectivity index (χ0) is 8.27. The Morgan fingerprint density at radius 2 is 2.27 bits per heavy atom. The topological polar surface area (TPSA) is 26.3 Å². The summed E-state index contributed by atoms with van der Waals surface area (Å²) < 4.78 is 5.43. The van der Waals surface area contributed by atoms with Crippen LogP contribution in [0.5, 0.6) is 5.75 Å². The lowest BCUT2D eigenvalue weighted by Crippen LogP contribution is -1.95. The molecule has 58 valence electrons. The van der Waals surface area contributed by atoms with Crippen molar-refractivity contribution in [2.45, 2.75) is 0 Å². The minimum atomic E-state index is -0.830. The summed E-state index contributed by atoms with van der Waals surface area (Å²) in [6.07, 6.45) is 0. The Balaban J connectivity index is 2.79. The zero-order valence-electron chi connectivity index (χ0n) is 5.38. The highest BCUT2D eigenvalue weighted by atomic mass is 79.9. The van der Waals surface area contributed by atoms with E-state index in [1.807, 2.05) is 6.07 Å². The molecule has 0 bridgehead atoms. The molecule has 0 aliphatic rings. The molecule has 1 aromatic rings. The summed E-state index contributed by atoms with van der Waals surface area (Å²) in [5.74, 6) is 0.430. The molecule has 4 heteroatoms. The highest BCUT2D eigenvalue weighted by Crippen LogP contribution is 2.18. The van der Waals surface area contributed by atoms with E-state index >= 15 is 0 Å². The van der Waals surface area contributed by atoms with Crippen LogP contribution < -0.4 is 4.74 Å². The fourth-order valence-electron chi connectivity index (χ4n) is 0.623. The van der Waals surface area contributed by atoms with Crippen LogP contribution >= 0.6 is 27.5 Å². The van der Waals surface area contributed by atoms with Crippen LogP contribution in [-0.2, 0) is 0 Å². The summed E-state index contributed by atoms with van der Waals surface area (Å²) in [7, 11) is 0. The molecule has 0 fully saturated rings. The molecular formula is C7H4BrClO2. The molecule has 0 saturated carbocycles. The predicted molar refractivity (Wildman–Crippen MR) is 46.0 cm³/mol. The first kappa shape index (κ1) is 8.56. The second-order valence-corrected chi connectivity index (χ2v) is 3.02. The summed E-state index contributed by atoms with van der Waals surface area (Å²) in [5.41, 5.74) is -0.830. The van der Waals surface area contributed by atoms with Gasteiger partial charge in [-0.1, -0.05) is 22.0 Å². The van der Waals surface area contributed by atoms with Gasteiger partial charge in [-0.2, -0.15) is 0 Å². The number of hydrogen-bond acceptors (Lipinski definition) is 2. The molecule has 0 saturated heterocycles. The van der Waals surface area contributed by atoms with Crippen molar-refractivity contribution in [3.05, 3.63) is 28.7 Å². The average Bonchev–Trinajstić information content (AvgIpc) is 1.85. The molecule has 0 aliphatic carbocycles. The van der Waals surface area contributed by atoms with Crippen LogP contribution in [-0.4, -0.2) is 5.43 Å². The Morgan fingerprint density at radius 1 is 1.55 bits per heavy atom. The molecule has 1 aromatic carbocycles. The summed E-state index contributed by atoms with van der Waals surface area (Å²) >= 11 is 8.21. The van der Waals surface area contributed by atoms with Crippen molar-refractivity contribution < 1.29 is 9.53 Å². The van der Waals surface area contributed by atoms with Gasteiger partial charge < -0.3 is 4.74 Å². The Morgan fingerprint density at radius 3 is 2.82 bits per heavy atom. The van der Waals surface area contributed by atoms with Crippen LogP contribution in [0.25, 0.3) is 0 Å². The maximum atomic E-state index is 10.3. The normalized spacial score (nSPS) is 9.27. The van der Waals surface area contributed by atoms with Gasteiger partial charge in [0.25, 0.3) is 0 Å². The molecule has 2 nitrogen and oxygen atoms in total. The Bertz CT molecular complexity index is 275. The van der Waals surface area contributed by atoms with Gasteiger partial charge in [-0.05, 0) is 18.2 Å². The molecule has 0 atom stereocenters. The van der Waals surface area contributed by atoms with Gasteiger partial charge in [0.2, 0.25) is 0 Å². The first-order valence-corrected chi connectivity index (χ1v) is 3.98. The second kappa shape index (κ2) is 3.74. The maximum Gasteiger partial charge on any atom is 0.409 e. The van der Waals surface area contributed by atoms with Crippen LogP contribution in [0.3, 0.4) is 0 Å². The van der Waals surface area contributed by atoms with E-state index in [9.17, 15) is 4.79 Å². The fraction of sp³-hybridized carbons (Fsp3) is 0. The van der Waals surface area contributed by atoms with Crippen LogP contribution in [0.15, 0.2) is 28.7 Å². The van der Waals surface area contributed by atoms with Gasteiger partial charge in [0, 0.05) is 16.1 Å². The molecule has 0 unspecified atom stereocenters. The van der Waals surface area contributed by atoms with Crippen molar-refractivity contribution >= 4 is 33.0 Å². The van der Waals surface area contributed by atoms with E-state index in [2.05, 4.69) is 20.7 Å². The summed E-state index contributed by atoms with van der Waals surface area (Å²) in [5, 5.41) is 0. The minimum Gasteiger partial charge on any atom is -0.414 e. The van der Waals surface area contributed by atoms with E-state index in [0.29, 0.717) is 5.75 Å². The Kier molecular flexibility index (Phi) is 2.91. The third-order valence-electron chi connectivity index (χ3n) is 0.994. The lowest BCUT2D eigenvalue weighted by molar-refractivity contribution is 0.225. The first-order valence-electron chi connectivity index (χ1n) is 2.81. The summed E-state index contributed by atoms with van der Waals surface area (Å²) in [6, 6.07) is 6.87. The second-order valence-electron chi connectivity index (χ2n) is 1.80. The van der Waals surface area contributed by atoms with E-state index in [4.69, 9.17) is 11.6 Å². The van der Waals surface area contributed by atoms with Gasteiger partial charge in [0.05, 0.1) is 0 Å². The van der Waals surface area contributed by atoms with E-state index in [0.717, 1.165) is 4.47 Å². The highest BCUT2D eigenvalue weighted by molar-refractivity contribution is 9.10. The number of carbonyl (C=O) groups excluding carboxylic acids is 1. The third-order valence-corrected chi connectivity index (χ3v) is 1.56. The van der Waals surface area contributed by atoms with Crippen LogP contribution in [0.2, 0.25) is 0 Å². The van der Waals surface area contributed by atoms with Gasteiger partial charge in [-0.15, -0.1) is 0 Å². The lowest BCUT2D eigenvalue weighted by Gasteiger charge is -1.98. The van der Waals surface area contributed by atoms with Gasteiger partial charge in [0.15, 0.2) is 0 Å². The monoisotopic (exact) mass is 234 g/mol. The Labute approximate surface area is 77.2 Å². The van der Waals surface area contributed by atoms with E-state index in [-0.39, 0.29) is 0 Å². The van der Waals surface area contributed by atoms with Crippen molar-refractivity contribution in [3.63, 3.8) is 0 Å². The van der Waals surface area contributed by atoms with Crippen molar-refractivity contribution in [3.8, 4) is 5.75 Å². The lowest BCUT2D eigenvalue weighted by atomic mass is 10.3. The molecule has 0 spiro atoms. The molecular weight excluding hydrogens is 231 g/mol. The largest absolute Gasteiger partial charge is 0.414 e.